The molecular weight excluding hydrogens is 288 g/mol. The maximum absolute atomic E-state index is 11.5. The summed E-state index contributed by atoms with van der Waals surface area (Å²) in [5, 5.41) is 12.8. The van der Waals surface area contributed by atoms with E-state index in [4.69, 9.17) is 5.14 Å². The Balaban J connectivity index is 2.31. The number of nitrogens with zero attached hydrogens (tertiary/aromatic N) is 2. The largest absolute Gasteiger partial charge is 0.381 e. The molecule has 2 aromatic rings. The minimum absolute atomic E-state index is 0.121. The van der Waals surface area contributed by atoms with E-state index in [1.807, 2.05) is 34.0 Å². The Morgan fingerprint density at radius 2 is 1.95 bits per heavy atom. The van der Waals surface area contributed by atoms with Crippen molar-refractivity contribution in [2.24, 2.45) is 12.2 Å². The number of anilines is 1. The number of benzene rings is 1. The topological polar surface area (TPSA) is 90.0 Å². The van der Waals surface area contributed by atoms with Crippen LogP contribution in [0.2, 0.25) is 0 Å². The van der Waals surface area contributed by atoms with Gasteiger partial charge in [0.05, 0.1) is 10.6 Å². The number of rotatable bonds is 4. The molecule has 1 heterocycles. The Morgan fingerprint density at radius 3 is 2.48 bits per heavy atom. The van der Waals surface area contributed by atoms with Gasteiger partial charge in [0, 0.05) is 31.0 Å². The van der Waals surface area contributed by atoms with Crippen molar-refractivity contribution in [2.45, 2.75) is 32.2 Å². The number of aryl methyl sites for hydroxylation is 3. The Kier molecular flexibility index (Phi) is 4.06. The van der Waals surface area contributed by atoms with E-state index in [9.17, 15) is 8.42 Å². The van der Waals surface area contributed by atoms with E-state index in [2.05, 4.69) is 10.4 Å². The van der Waals surface area contributed by atoms with Crippen LogP contribution < -0.4 is 10.5 Å². The van der Waals surface area contributed by atoms with E-state index in [0.29, 0.717) is 6.54 Å². The highest BCUT2D eigenvalue weighted by atomic mass is 32.2. The molecule has 0 aliphatic carbocycles. The fourth-order valence-corrected chi connectivity index (χ4v) is 2.81. The van der Waals surface area contributed by atoms with Crippen LogP contribution in [0.1, 0.15) is 22.4 Å². The van der Waals surface area contributed by atoms with Crippen molar-refractivity contribution in [2.75, 3.05) is 5.32 Å². The van der Waals surface area contributed by atoms with Crippen molar-refractivity contribution in [3.05, 3.63) is 40.7 Å². The normalized spacial score (nSPS) is 11.7. The standard InChI is InChI=1S/C14H20N4O2S/c1-9-5-13(21(15,19)20)6-14(10(9)2)16-7-12-8-18(4)17-11(12)3/h5-6,8,16H,7H2,1-4H3,(H2,15,19,20). The molecule has 0 radical (unpaired) electrons. The summed E-state index contributed by atoms with van der Waals surface area (Å²) in [6.45, 7) is 6.33. The summed E-state index contributed by atoms with van der Waals surface area (Å²) in [5.74, 6) is 0. The van der Waals surface area contributed by atoms with Gasteiger partial charge in [-0.3, -0.25) is 4.68 Å². The van der Waals surface area contributed by atoms with Crippen molar-refractivity contribution in [1.82, 2.24) is 9.78 Å². The van der Waals surface area contributed by atoms with Gasteiger partial charge in [-0.25, -0.2) is 13.6 Å². The van der Waals surface area contributed by atoms with Crippen LogP contribution in [0.15, 0.2) is 23.2 Å². The van der Waals surface area contributed by atoms with Crippen molar-refractivity contribution >= 4 is 15.7 Å². The van der Waals surface area contributed by atoms with Gasteiger partial charge in [0.1, 0.15) is 0 Å². The highest BCUT2D eigenvalue weighted by Crippen LogP contribution is 2.24. The first-order valence-corrected chi connectivity index (χ1v) is 8.10. The van der Waals surface area contributed by atoms with Gasteiger partial charge < -0.3 is 5.32 Å². The Hall–Kier alpha value is -1.86. The SMILES string of the molecule is Cc1cc(S(N)(=O)=O)cc(NCc2cn(C)nc2C)c1C. The maximum Gasteiger partial charge on any atom is 0.238 e. The number of aromatic nitrogens is 2. The second kappa shape index (κ2) is 5.50. The van der Waals surface area contributed by atoms with Crippen LogP contribution >= 0.6 is 0 Å². The lowest BCUT2D eigenvalue weighted by atomic mass is 10.1. The predicted molar refractivity (Wildman–Crippen MR) is 82.6 cm³/mol. The average Bonchev–Trinajstić information content (AvgIpc) is 2.68. The Bertz CT molecular complexity index is 779. The molecule has 0 unspecified atom stereocenters. The molecule has 3 N–H and O–H groups in total. The first kappa shape index (κ1) is 15.5. The molecule has 7 heteroatoms. The lowest BCUT2D eigenvalue weighted by Crippen LogP contribution is -2.13. The van der Waals surface area contributed by atoms with Gasteiger partial charge in [0.25, 0.3) is 0 Å². The Morgan fingerprint density at radius 1 is 1.29 bits per heavy atom. The minimum Gasteiger partial charge on any atom is -0.381 e. The third-order valence-corrected chi connectivity index (χ3v) is 4.45. The van der Waals surface area contributed by atoms with Gasteiger partial charge in [-0.05, 0) is 44.0 Å². The van der Waals surface area contributed by atoms with E-state index in [0.717, 1.165) is 28.1 Å². The van der Waals surface area contributed by atoms with Crippen molar-refractivity contribution in [3.63, 3.8) is 0 Å². The number of hydrogen-bond donors (Lipinski definition) is 2. The minimum atomic E-state index is -3.71. The summed E-state index contributed by atoms with van der Waals surface area (Å²) in [6.07, 6.45) is 1.94. The fraction of sp³-hybridized carbons (Fsp3) is 0.357. The molecule has 0 saturated heterocycles. The molecular formula is C14H20N4O2S. The van der Waals surface area contributed by atoms with E-state index in [1.54, 1.807) is 16.8 Å². The molecule has 2 rings (SSSR count). The molecule has 0 fully saturated rings. The number of nitrogens with two attached hydrogens (primary N) is 1. The lowest BCUT2D eigenvalue weighted by Gasteiger charge is -2.13. The molecule has 0 atom stereocenters. The molecule has 0 bridgehead atoms. The molecule has 0 aliphatic rings. The summed E-state index contributed by atoms with van der Waals surface area (Å²) in [6, 6.07) is 3.16. The lowest BCUT2D eigenvalue weighted by molar-refractivity contribution is 0.597. The smallest absolute Gasteiger partial charge is 0.238 e. The van der Waals surface area contributed by atoms with Gasteiger partial charge in [0.2, 0.25) is 10.0 Å². The van der Waals surface area contributed by atoms with Crippen LogP contribution in [0.3, 0.4) is 0 Å². The Labute approximate surface area is 125 Å². The van der Waals surface area contributed by atoms with Crippen molar-refractivity contribution < 1.29 is 8.42 Å². The molecule has 0 spiro atoms. The monoisotopic (exact) mass is 308 g/mol. The summed E-state index contributed by atoms with van der Waals surface area (Å²) in [4.78, 5) is 0.121. The molecule has 0 saturated carbocycles. The molecule has 114 valence electrons. The van der Waals surface area contributed by atoms with Crippen LogP contribution in [0, 0.1) is 20.8 Å². The molecule has 0 amide bonds. The number of primary sulfonamides is 1. The zero-order chi connectivity index (χ0) is 15.8. The molecule has 21 heavy (non-hydrogen) atoms. The third kappa shape index (κ3) is 3.43. The summed E-state index contributed by atoms with van der Waals surface area (Å²) >= 11 is 0. The van der Waals surface area contributed by atoms with Gasteiger partial charge in [-0.2, -0.15) is 5.10 Å². The summed E-state index contributed by atoms with van der Waals surface area (Å²) < 4.78 is 24.8. The number of sulfonamides is 1. The number of hydrogen-bond acceptors (Lipinski definition) is 4. The van der Waals surface area contributed by atoms with E-state index in [-0.39, 0.29) is 4.90 Å². The molecule has 1 aromatic heterocycles. The second-order valence-corrected chi connectivity index (χ2v) is 6.79. The highest BCUT2D eigenvalue weighted by molar-refractivity contribution is 7.89. The van der Waals surface area contributed by atoms with Crippen LogP contribution in [0.4, 0.5) is 5.69 Å². The van der Waals surface area contributed by atoms with Crippen LogP contribution in [-0.4, -0.2) is 18.2 Å². The zero-order valence-electron chi connectivity index (χ0n) is 12.6. The van der Waals surface area contributed by atoms with Crippen molar-refractivity contribution in [1.29, 1.82) is 0 Å². The van der Waals surface area contributed by atoms with Crippen LogP contribution in [-0.2, 0) is 23.6 Å². The van der Waals surface area contributed by atoms with Crippen LogP contribution in [0.5, 0.6) is 0 Å². The second-order valence-electron chi connectivity index (χ2n) is 5.22. The quantitative estimate of drug-likeness (QED) is 0.898. The van der Waals surface area contributed by atoms with Gasteiger partial charge in [0.15, 0.2) is 0 Å². The summed E-state index contributed by atoms with van der Waals surface area (Å²) in [7, 11) is -1.84. The first-order valence-electron chi connectivity index (χ1n) is 6.55. The first-order chi connectivity index (χ1) is 9.68. The fourth-order valence-electron chi connectivity index (χ4n) is 2.19. The average molecular weight is 308 g/mol. The van der Waals surface area contributed by atoms with Crippen molar-refractivity contribution in [3.8, 4) is 0 Å². The third-order valence-electron chi connectivity index (χ3n) is 3.55. The number of nitrogens with one attached hydrogen (secondary N) is 1. The molecule has 1 aromatic carbocycles. The van der Waals surface area contributed by atoms with E-state index >= 15 is 0 Å². The van der Waals surface area contributed by atoms with Crippen LogP contribution in [0.25, 0.3) is 0 Å². The predicted octanol–water partition coefficient (Wildman–Crippen LogP) is 1.60. The molecule has 6 nitrogen and oxygen atoms in total. The van der Waals surface area contributed by atoms with E-state index < -0.39 is 10.0 Å². The van der Waals surface area contributed by atoms with Gasteiger partial charge in [-0.1, -0.05) is 0 Å². The van der Waals surface area contributed by atoms with E-state index in [1.165, 1.54) is 0 Å². The van der Waals surface area contributed by atoms with Gasteiger partial charge in [-0.15, -0.1) is 0 Å². The maximum atomic E-state index is 11.5. The summed E-state index contributed by atoms with van der Waals surface area (Å²) in [5.41, 5.74) is 4.66. The zero-order valence-corrected chi connectivity index (χ0v) is 13.5. The van der Waals surface area contributed by atoms with Gasteiger partial charge >= 0.3 is 0 Å². The highest BCUT2D eigenvalue weighted by Gasteiger charge is 2.13. The molecule has 0 aliphatic heterocycles.